The van der Waals surface area contributed by atoms with Gasteiger partial charge in [-0.3, -0.25) is 14.4 Å². The van der Waals surface area contributed by atoms with Crippen LogP contribution < -0.4 is 0 Å². The Labute approximate surface area is 476 Å². The van der Waals surface area contributed by atoms with Crippen molar-refractivity contribution in [2.45, 2.75) is 309 Å². The van der Waals surface area contributed by atoms with Crippen molar-refractivity contribution in [1.29, 1.82) is 0 Å². The molecule has 0 aliphatic carbocycles. The maximum atomic E-state index is 12.9. The molecule has 0 fully saturated rings. The third-order valence-corrected chi connectivity index (χ3v) is 13.8. The van der Waals surface area contributed by atoms with E-state index in [-0.39, 0.29) is 31.1 Å². The molecule has 0 saturated carbocycles. The monoisotopic (exact) mass is 1070 g/mol. The number of esters is 3. The number of allylic oxidation sites excluding steroid dienone is 18. The van der Waals surface area contributed by atoms with Crippen molar-refractivity contribution in [3.63, 3.8) is 0 Å². The first kappa shape index (κ1) is 73.1. The molecule has 0 N–H and O–H groups in total. The molecule has 1 unspecified atom stereocenters. The first-order chi connectivity index (χ1) is 38.0. The minimum absolute atomic E-state index is 0.0918. The van der Waals surface area contributed by atoms with Gasteiger partial charge >= 0.3 is 17.9 Å². The third kappa shape index (κ3) is 62.8. The van der Waals surface area contributed by atoms with Crippen LogP contribution in [0.5, 0.6) is 0 Å². The van der Waals surface area contributed by atoms with Crippen molar-refractivity contribution in [3.05, 3.63) is 109 Å². The standard InChI is InChI=1S/C71H120O6/c1-4-7-10-13-16-19-22-25-28-30-31-32-33-34-35-36-37-38-39-41-43-46-49-52-55-58-61-64-70(73)76-67-68(66-75-69(72)63-60-57-54-51-48-45-42-27-24-21-18-15-12-9-6-3)77-71(74)65-62-59-56-53-50-47-44-40-29-26-23-20-17-14-11-8-5-2/h7,10,16,19,25-26,28-29,31-32,34-35,37-38,41,43,49,52,68H,4-6,8-9,11-15,17-18,20-24,27,30,33,36,39-40,42,44-48,50-51,53-67H2,1-3H3/b10-7-,19-16-,28-25-,29-26-,32-31-,35-34-,38-37-,43-41-,52-49-. The number of rotatable bonds is 58. The fraction of sp³-hybridized carbons (Fsp3) is 0.704. The topological polar surface area (TPSA) is 78.9 Å². The Morgan fingerprint density at radius 1 is 0.273 bits per heavy atom. The van der Waals surface area contributed by atoms with Crippen LogP contribution >= 0.6 is 0 Å². The van der Waals surface area contributed by atoms with E-state index in [1.165, 1.54) is 154 Å². The van der Waals surface area contributed by atoms with Gasteiger partial charge in [0, 0.05) is 19.3 Å². The summed E-state index contributed by atoms with van der Waals surface area (Å²) in [6.07, 6.45) is 88.0. The minimum Gasteiger partial charge on any atom is -0.462 e. The summed E-state index contributed by atoms with van der Waals surface area (Å²) in [7, 11) is 0. The summed E-state index contributed by atoms with van der Waals surface area (Å²) in [5, 5.41) is 0. The molecule has 440 valence electrons. The molecule has 6 heteroatoms. The number of hydrogen-bond acceptors (Lipinski definition) is 6. The Morgan fingerprint density at radius 3 is 0.831 bits per heavy atom. The molecule has 0 radical (unpaired) electrons. The lowest BCUT2D eigenvalue weighted by atomic mass is 10.0. The van der Waals surface area contributed by atoms with Crippen molar-refractivity contribution < 1.29 is 28.6 Å². The molecule has 0 aromatic carbocycles. The number of unbranched alkanes of at least 4 members (excludes halogenated alkanes) is 29. The lowest BCUT2D eigenvalue weighted by molar-refractivity contribution is -0.167. The van der Waals surface area contributed by atoms with Gasteiger partial charge < -0.3 is 14.2 Å². The number of hydrogen-bond donors (Lipinski definition) is 0. The maximum absolute atomic E-state index is 12.9. The second-order valence-electron chi connectivity index (χ2n) is 21.3. The van der Waals surface area contributed by atoms with Crippen LogP contribution in [-0.2, 0) is 28.6 Å². The van der Waals surface area contributed by atoms with Crippen LogP contribution in [0.4, 0.5) is 0 Å². The fourth-order valence-corrected chi connectivity index (χ4v) is 8.92. The zero-order valence-corrected chi connectivity index (χ0v) is 50.4. The predicted molar refractivity (Wildman–Crippen MR) is 334 cm³/mol. The Morgan fingerprint density at radius 2 is 0.506 bits per heavy atom. The molecular formula is C71H120O6. The molecule has 0 aliphatic rings. The van der Waals surface area contributed by atoms with Crippen LogP contribution in [-0.4, -0.2) is 37.2 Å². The number of ether oxygens (including phenoxy) is 3. The van der Waals surface area contributed by atoms with Gasteiger partial charge in [-0.2, -0.15) is 0 Å². The van der Waals surface area contributed by atoms with E-state index in [0.717, 1.165) is 109 Å². The lowest BCUT2D eigenvalue weighted by Gasteiger charge is -2.18. The summed E-state index contributed by atoms with van der Waals surface area (Å²) >= 11 is 0. The Balaban J connectivity index is 4.44. The summed E-state index contributed by atoms with van der Waals surface area (Å²) in [6.45, 7) is 6.51. The highest BCUT2D eigenvalue weighted by molar-refractivity contribution is 5.71. The largest absolute Gasteiger partial charge is 0.462 e. The van der Waals surface area contributed by atoms with Gasteiger partial charge in [0.2, 0.25) is 0 Å². The maximum Gasteiger partial charge on any atom is 0.306 e. The summed E-state index contributed by atoms with van der Waals surface area (Å²) in [6, 6.07) is 0. The molecule has 0 aliphatic heterocycles. The molecule has 0 saturated heterocycles. The highest BCUT2D eigenvalue weighted by Crippen LogP contribution is 2.16. The SMILES string of the molecule is CC/C=C\C/C=C\C/C=C\C/C=C\C/C=C\C/C=C\C/C=C\C/C=C\CCCCC(=O)OCC(COC(=O)CCCCCCCCCCCCCCCCC)OC(=O)CCCCCCCCC/C=C\CCCCCCCC. The van der Waals surface area contributed by atoms with Gasteiger partial charge in [0.1, 0.15) is 13.2 Å². The second kappa shape index (κ2) is 64.6. The first-order valence-corrected chi connectivity index (χ1v) is 32.4. The molecule has 0 heterocycles. The Bertz CT molecular complexity index is 1560. The summed E-state index contributed by atoms with van der Waals surface area (Å²) < 4.78 is 16.9. The van der Waals surface area contributed by atoms with Crippen LogP contribution in [0.15, 0.2) is 109 Å². The molecule has 0 spiro atoms. The fourth-order valence-electron chi connectivity index (χ4n) is 8.92. The summed E-state index contributed by atoms with van der Waals surface area (Å²) in [4.78, 5) is 38.3. The minimum atomic E-state index is -0.799. The van der Waals surface area contributed by atoms with Crippen LogP contribution in [0.2, 0.25) is 0 Å². The zero-order valence-electron chi connectivity index (χ0n) is 50.4. The average molecular weight is 1070 g/mol. The number of carbonyl (C=O) groups is 3. The predicted octanol–water partition coefficient (Wildman–Crippen LogP) is 22.2. The Kier molecular flexibility index (Phi) is 61.3. The smallest absolute Gasteiger partial charge is 0.306 e. The first-order valence-electron chi connectivity index (χ1n) is 32.4. The molecule has 6 nitrogen and oxygen atoms in total. The molecule has 0 aromatic rings. The molecule has 0 aromatic heterocycles. The second-order valence-corrected chi connectivity index (χ2v) is 21.3. The molecule has 0 amide bonds. The van der Waals surface area contributed by atoms with Crippen LogP contribution in [0.3, 0.4) is 0 Å². The third-order valence-electron chi connectivity index (χ3n) is 13.8. The van der Waals surface area contributed by atoms with E-state index in [1.807, 2.05) is 0 Å². The van der Waals surface area contributed by atoms with Crippen molar-refractivity contribution in [2.75, 3.05) is 13.2 Å². The van der Waals surface area contributed by atoms with E-state index in [0.29, 0.717) is 19.3 Å². The van der Waals surface area contributed by atoms with E-state index >= 15 is 0 Å². The molecular weight excluding hydrogens is 949 g/mol. The van der Waals surface area contributed by atoms with Gasteiger partial charge in [-0.25, -0.2) is 0 Å². The van der Waals surface area contributed by atoms with E-state index in [9.17, 15) is 14.4 Å². The van der Waals surface area contributed by atoms with Crippen LogP contribution in [0.1, 0.15) is 303 Å². The van der Waals surface area contributed by atoms with Crippen molar-refractivity contribution in [3.8, 4) is 0 Å². The van der Waals surface area contributed by atoms with Crippen molar-refractivity contribution in [2.24, 2.45) is 0 Å². The van der Waals surface area contributed by atoms with Crippen LogP contribution in [0.25, 0.3) is 0 Å². The Hall–Kier alpha value is -3.93. The van der Waals surface area contributed by atoms with Gasteiger partial charge in [-0.05, 0) is 109 Å². The zero-order chi connectivity index (χ0) is 55.7. The van der Waals surface area contributed by atoms with Crippen molar-refractivity contribution >= 4 is 17.9 Å². The van der Waals surface area contributed by atoms with E-state index in [1.54, 1.807) is 0 Å². The molecule has 77 heavy (non-hydrogen) atoms. The molecule has 1 atom stereocenters. The normalized spacial score (nSPS) is 12.8. The molecule has 0 bridgehead atoms. The highest BCUT2D eigenvalue weighted by atomic mass is 16.6. The van der Waals surface area contributed by atoms with Gasteiger partial charge in [0.05, 0.1) is 0 Å². The highest BCUT2D eigenvalue weighted by Gasteiger charge is 2.19. The molecule has 0 rings (SSSR count). The summed E-state index contributed by atoms with van der Waals surface area (Å²) in [5.41, 5.74) is 0. The van der Waals surface area contributed by atoms with E-state index in [2.05, 4.69) is 130 Å². The average Bonchev–Trinajstić information content (AvgIpc) is 3.43. The van der Waals surface area contributed by atoms with Gasteiger partial charge in [0.25, 0.3) is 0 Å². The van der Waals surface area contributed by atoms with Gasteiger partial charge in [0.15, 0.2) is 6.10 Å². The van der Waals surface area contributed by atoms with Crippen LogP contribution in [0, 0.1) is 0 Å². The van der Waals surface area contributed by atoms with E-state index < -0.39 is 6.10 Å². The quantitative estimate of drug-likeness (QED) is 0.0261. The van der Waals surface area contributed by atoms with Gasteiger partial charge in [-0.1, -0.05) is 284 Å². The van der Waals surface area contributed by atoms with Gasteiger partial charge in [-0.15, -0.1) is 0 Å². The van der Waals surface area contributed by atoms with Crippen molar-refractivity contribution in [1.82, 2.24) is 0 Å². The summed E-state index contributed by atoms with van der Waals surface area (Å²) in [5.74, 6) is -0.932. The lowest BCUT2D eigenvalue weighted by Crippen LogP contribution is -2.30. The van der Waals surface area contributed by atoms with E-state index in [4.69, 9.17) is 14.2 Å². The number of carbonyl (C=O) groups excluding carboxylic acids is 3.